The number of nitrogens with one attached hydrogen (secondary N) is 1. The summed E-state index contributed by atoms with van der Waals surface area (Å²) in [5.41, 5.74) is 2.11. The molecule has 0 spiro atoms. The Labute approximate surface area is 107 Å². The van der Waals surface area contributed by atoms with Crippen LogP contribution in [0.3, 0.4) is 0 Å². The van der Waals surface area contributed by atoms with E-state index in [0.717, 1.165) is 30.8 Å². The SMILES string of the molecule is CCCNCc1ccccc1OCc1cnoc1. The van der Waals surface area contributed by atoms with Crippen LogP contribution in [0.4, 0.5) is 0 Å². The summed E-state index contributed by atoms with van der Waals surface area (Å²) < 4.78 is 10.5. The molecule has 4 heteroatoms. The van der Waals surface area contributed by atoms with E-state index in [2.05, 4.69) is 23.5 Å². The summed E-state index contributed by atoms with van der Waals surface area (Å²) in [7, 11) is 0. The van der Waals surface area contributed by atoms with E-state index in [4.69, 9.17) is 9.26 Å². The number of para-hydroxylation sites is 1. The molecule has 0 saturated carbocycles. The van der Waals surface area contributed by atoms with Crippen molar-refractivity contribution in [3.05, 3.63) is 47.9 Å². The van der Waals surface area contributed by atoms with Crippen LogP contribution in [-0.4, -0.2) is 11.7 Å². The molecule has 2 aromatic rings. The van der Waals surface area contributed by atoms with Gasteiger partial charge in [0.05, 0.1) is 6.20 Å². The first kappa shape index (κ1) is 12.6. The largest absolute Gasteiger partial charge is 0.488 e. The summed E-state index contributed by atoms with van der Waals surface area (Å²) in [6, 6.07) is 8.06. The van der Waals surface area contributed by atoms with E-state index < -0.39 is 0 Å². The van der Waals surface area contributed by atoms with E-state index >= 15 is 0 Å². The summed E-state index contributed by atoms with van der Waals surface area (Å²) in [6.07, 6.45) is 4.39. The van der Waals surface area contributed by atoms with Crippen LogP contribution in [0.1, 0.15) is 24.5 Å². The molecule has 96 valence electrons. The van der Waals surface area contributed by atoms with E-state index in [9.17, 15) is 0 Å². The van der Waals surface area contributed by atoms with Crippen LogP contribution in [0.2, 0.25) is 0 Å². The average molecular weight is 246 g/mol. The standard InChI is InChI=1S/C14H18N2O2/c1-2-7-15-9-13-5-3-4-6-14(13)17-10-12-8-16-18-11-12/h3-6,8,11,15H,2,7,9-10H2,1H3. The monoisotopic (exact) mass is 246 g/mol. The summed E-state index contributed by atoms with van der Waals surface area (Å²) in [6.45, 7) is 4.48. The topological polar surface area (TPSA) is 47.3 Å². The van der Waals surface area contributed by atoms with E-state index in [1.54, 1.807) is 12.5 Å². The number of benzene rings is 1. The number of aromatic nitrogens is 1. The minimum Gasteiger partial charge on any atom is -0.488 e. The first-order chi connectivity index (χ1) is 8.90. The van der Waals surface area contributed by atoms with Crippen molar-refractivity contribution in [2.75, 3.05) is 6.54 Å². The molecule has 1 N–H and O–H groups in total. The predicted octanol–water partition coefficient (Wildman–Crippen LogP) is 2.75. The van der Waals surface area contributed by atoms with Crippen molar-refractivity contribution >= 4 is 0 Å². The highest BCUT2D eigenvalue weighted by Gasteiger charge is 2.03. The molecule has 0 bridgehead atoms. The average Bonchev–Trinajstić information content (AvgIpc) is 2.91. The number of ether oxygens (including phenoxy) is 1. The predicted molar refractivity (Wildman–Crippen MR) is 69.3 cm³/mol. The molecule has 0 fully saturated rings. The van der Waals surface area contributed by atoms with Crippen LogP contribution in [0.5, 0.6) is 5.75 Å². The van der Waals surface area contributed by atoms with Crippen molar-refractivity contribution < 1.29 is 9.26 Å². The van der Waals surface area contributed by atoms with Crippen molar-refractivity contribution in [3.8, 4) is 5.75 Å². The molecule has 0 atom stereocenters. The maximum atomic E-state index is 5.77. The zero-order chi connectivity index (χ0) is 12.6. The number of hydrogen-bond donors (Lipinski definition) is 1. The van der Waals surface area contributed by atoms with Gasteiger partial charge in [-0.05, 0) is 19.0 Å². The van der Waals surface area contributed by atoms with Crippen LogP contribution in [0, 0.1) is 0 Å². The third kappa shape index (κ3) is 3.60. The van der Waals surface area contributed by atoms with E-state index in [0.29, 0.717) is 6.61 Å². The maximum Gasteiger partial charge on any atom is 0.130 e. The molecular weight excluding hydrogens is 228 g/mol. The highest BCUT2D eigenvalue weighted by Crippen LogP contribution is 2.19. The zero-order valence-corrected chi connectivity index (χ0v) is 10.6. The molecule has 4 nitrogen and oxygen atoms in total. The van der Waals surface area contributed by atoms with Crippen molar-refractivity contribution in [2.45, 2.75) is 26.5 Å². The molecule has 18 heavy (non-hydrogen) atoms. The Morgan fingerprint density at radius 1 is 1.33 bits per heavy atom. The number of rotatable bonds is 7. The zero-order valence-electron chi connectivity index (χ0n) is 10.6. The van der Waals surface area contributed by atoms with Gasteiger partial charge in [-0.25, -0.2) is 0 Å². The summed E-state index contributed by atoms with van der Waals surface area (Å²) in [5, 5.41) is 7.02. The lowest BCUT2D eigenvalue weighted by Gasteiger charge is -2.11. The molecule has 2 rings (SSSR count). The fraction of sp³-hybridized carbons (Fsp3) is 0.357. The third-order valence-corrected chi connectivity index (χ3v) is 2.59. The van der Waals surface area contributed by atoms with Crippen LogP contribution >= 0.6 is 0 Å². The second-order valence-electron chi connectivity index (χ2n) is 4.11. The smallest absolute Gasteiger partial charge is 0.130 e. The van der Waals surface area contributed by atoms with Crippen LogP contribution in [0.25, 0.3) is 0 Å². The van der Waals surface area contributed by atoms with Gasteiger partial charge < -0.3 is 14.6 Å². The highest BCUT2D eigenvalue weighted by atomic mass is 16.5. The van der Waals surface area contributed by atoms with Gasteiger partial charge in [-0.1, -0.05) is 30.3 Å². The summed E-state index contributed by atoms with van der Waals surface area (Å²) in [4.78, 5) is 0. The van der Waals surface area contributed by atoms with Crippen LogP contribution in [0.15, 0.2) is 41.2 Å². The first-order valence-electron chi connectivity index (χ1n) is 6.20. The van der Waals surface area contributed by atoms with Gasteiger partial charge in [0.1, 0.15) is 18.6 Å². The second-order valence-corrected chi connectivity index (χ2v) is 4.11. The van der Waals surface area contributed by atoms with Crippen LogP contribution in [-0.2, 0) is 13.2 Å². The number of hydrogen-bond acceptors (Lipinski definition) is 4. The molecule has 0 aliphatic carbocycles. The second kappa shape index (κ2) is 6.81. The molecule has 0 amide bonds. The minimum absolute atomic E-state index is 0.480. The summed E-state index contributed by atoms with van der Waals surface area (Å²) in [5.74, 6) is 0.905. The molecule has 1 aromatic carbocycles. The van der Waals surface area contributed by atoms with Crippen molar-refractivity contribution in [1.29, 1.82) is 0 Å². The van der Waals surface area contributed by atoms with Gasteiger partial charge >= 0.3 is 0 Å². The molecule has 0 aliphatic rings. The fourth-order valence-electron chi connectivity index (χ4n) is 1.65. The highest BCUT2D eigenvalue weighted by molar-refractivity contribution is 5.33. The molecular formula is C14H18N2O2. The molecule has 0 saturated heterocycles. The summed E-state index contributed by atoms with van der Waals surface area (Å²) >= 11 is 0. The maximum absolute atomic E-state index is 5.77. The normalized spacial score (nSPS) is 10.5. The minimum atomic E-state index is 0.480. The Morgan fingerprint density at radius 3 is 3.00 bits per heavy atom. The molecule has 0 radical (unpaired) electrons. The van der Waals surface area contributed by atoms with Gasteiger partial charge in [0.15, 0.2) is 0 Å². The van der Waals surface area contributed by atoms with Crippen LogP contribution < -0.4 is 10.1 Å². The van der Waals surface area contributed by atoms with Crippen molar-refractivity contribution in [2.24, 2.45) is 0 Å². The molecule has 1 heterocycles. The Hall–Kier alpha value is -1.81. The molecule has 0 aliphatic heterocycles. The van der Waals surface area contributed by atoms with E-state index in [1.807, 2.05) is 18.2 Å². The molecule has 0 unspecified atom stereocenters. The van der Waals surface area contributed by atoms with E-state index in [-0.39, 0.29) is 0 Å². The first-order valence-corrected chi connectivity index (χ1v) is 6.20. The Morgan fingerprint density at radius 2 is 2.22 bits per heavy atom. The van der Waals surface area contributed by atoms with Crippen molar-refractivity contribution in [3.63, 3.8) is 0 Å². The molecule has 1 aromatic heterocycles. The quantitative estimate of drug-likeness (QED) is 0.763. The van der Waals surface area contributed by atoms with Gasteiger partial charge in [0.2, 0.25) is 0 Å². The van der Waals surface area contributed by atoms with Gasteiger partial charge in [-0.3, -0.25) is 0 Å². The lowest BCUT2D eigenvalue weighted by atomic mass is 10.2. The number of nitrogens with zero attached hydrogens (tertiary/aromatic N) is 1. The van der Waals surface area contributed by atoms with Gasteiger partial charge in [-0.15, -0.1) is 0 Å². The van der Waals surface area contributed by atoms with E-state index in [1.165, 1.54) is 5.56 Å². The van der Waals surface area contributed by atoms with Gasteiger partial charge in [-0.2, -0.15) is 0 Å². The Bertz CT molecular complexity index is 455. The van der Waals surface area contributed by atoms with Gasteiger partial charge in [0.25, 0.3) is 0 Å². The lowest BCUT2D eigenvalue weighted by Crippen LogP contribution is -2.14. The van der Waals surface area contributed by atoms with Gasteiger partial charge in [0, 0.05) is 17.7 Å². The van der Waals surface area contributed by atoms with Crippen molar-refractivity contribution in [1.82, 2.24) is 10.5 Å². The lowest BCUT2D eigenvalue weighted by molar-refractivity contribution is 0.300. The Kier molecular flexibility index (Phi) is 4.78. The Balaban J connectivity index is 1.94. The third-order valence-electron chi connectivity index (χ3n) is 2.59. The fourth-order valence-corrected chi connectivity index (χ4v) is 1.65.